The van der Waals surface area contributed by atoms with Gasteiger partial charge in [-0.25, -0.2) is 0 Å². The van der Waals surface area contributed by atoms with Crippen LogP contribution in [0.25, 0.3) is 11.4 Å². The zero-order valence-corrected chi connectivity index (χ0v) is 16.9. The van der Waals surface area contributed by atoms with Crippen molar-refractivity contribution >= 4 is 17.5 Å². The van der Waals surface area contributed by atoms with Crippen molar-refractivity contribution in [3.05, 3.63) is 71.1 Å². The van der Waals surface area contributed by atoms with Crippen molar-refractivity contribution in [3.63, 3.8) is 0 Å². The van der Waals surface area contributed by atoms with E-state index in [0.717, 1.165) is 43.9 Å². The number of hydrogen-bond acceptors (Lipinski definition) is 5. The molecule has 0 aliphatic carbocycles. The topological polar surface area (TPSA) is 62.5 Å². The first kappa shape index (κ1) is 19.6. The van der Waals surface area contributed by atoms with E-state index in [2.05, 4.69) is 15.0 Å². The van der Waals surface area contributed by atoms with Crippen LogP contribution in [0.15, 0.2) is 59.1 Å². The normalized spacial score (nSPS) is 14.9. The molecule has 6 nitrogen and oxygen atoms in total. The second-order valence-corrected chi connectivity index (χ2v) is 7.53. The molecule has 150 valence electrons. The Kier molecular flexibility index (Phi) is 6.22. The van der Waals surface area contributed by atoms with Gasteiger partial charge in [-0.15, -0.1) is 0 Å². The first-order valence-electron chi connectivity index (χ1n) is 9.80. The molecule has 2 heterocycles. The Morgan fingerprint density at radius 1 is 1.00 bits per heavy atom. The second-order valence-electron chi connectivity index (χ2n) is 7.12. The zero-order chi connectivity index (χ0) is 20.1. The predicted octanol–water partition coefficient (Wildman–Crippen LogP) is 3.32. The van der Waals surface area contributed by atoms with E-state index >= 15 is 0 Å². The number of carbonyl (C=O) groups excluding carboxylic acids is 1. The van der Waals surface area contributed by atoms with E-state index in [9.17, 15) is 4.79 Å². The monoisotopic (exact) mass is 410 g/mol. The average Bonchev–Trinajstić information content (AvgIpc) is 3.24. The predicted molar refractivity (Wildman–Crippen MR) is 112 cm³/mol. The lowest BCUT2D eigenvalue weighted by atomic mass is 10.1. The molecule has 0 bridgehead atoms. The number of piperazine rings is 1. The zero-order valence-electron chi connectivity index (χ0n) is 16.1. The summed E-state index contributed by atoms with van der Waals surface area (Å²) < 4.78 is 5.38. The Hall–Kier alpha value is -2.70. The molecule has 1 aliphatic rings. The summed E-state index contributed by atoms with van der Waals surface area (Å²) in [6.45, 7) is 3.97. The summed E-state index contributed by atoms with van der Waals surface area (Å²) in [6, 6.07) is 17.3. The molecule has 0 N–H and O–H groups in total. The minimum Gasteiger partial charge on any atom is -0.340 e. The number of benzene rings is 2. The van der Waals surface area contributed by atoms with Crippen LogP contribution in [0, 0.1) is 0 Å². The molecule has 1 fully saturated rings. The van der Waals surface area contributed by atoms with Crippen LogP contribution in [-0.4, -0.2) is 58.6 Å². The van der Waals surface area contributed by atoms with Gasteiger partial charge in [0.05, 0.1) is 6.42 Å². The van der Waals surface area contributed by atoms with Gasteiger partial charge in [0, 0.05) is 49.7 Å². The van der Waals surface area contributed by atoms with Crippen LogP contribution in [-0.2, 0) is 17.6 Å². The van der Waals surface area contributed by atoms with Crippen LogP contribution in [0.1, 0.15) is 11.5 Å². The highest BCUT2D eigenvalue weighted by Crippen LogP contribution is 2.17. The molecule has 1 aliphatic heterocycles. The molecule has 2 aromatic carbocycles. The lowest BCUT2D eigenvalue weighted by Gasteiger charge is -2.34. The van der Waals surface area contributed by atoms with Crippen LogP contribution in [0.4, 0.5) is 0 Å². The average molecular weight is 411 g/mol. The van der Waals surface area contributed by atoms with Gasteiger partial charge in [-0.2, -0.15) is 4.98 Å². The van der Waals surface area contributed by atoms with Crippen molar-refractivity contribution in [2.24, 2.45) is 0 Å². The smallest absolute Gasteiger partial charge is 0.228 e. The molecular weight excluding hydrogens is 388 g/mol. The number of halogens is 1. The van der Waals surface area contributed by atoms with Crippen molar-refractivity contribution in [1.29, 1.82) is 0 Å². The second kappa shape index (κ2) is 9.20. The molecule has 1 amide bonds. The van der Waals surface area contributed by atoms with Crippen LogP contribution in [0.5, 0.6) is 0 Å². The summed E-state index contributed by atoms with van der Waals surface area (Å²) in [4.78, 5) is 21.3. The standard InChI is InChI=1S/C22H23ClN4O2/c23-19-9-5-4-8-18(19)16-21(28)27-14-12-26(13-15-27)11-10-20-24-22(25-29-20)17-6-2-1-3-7-17/h1-9H,10-16H2. The largest absolute Gasteiger partial charge is 0.340 e. The first-order chi connectivity index (χ1) is 14.2. The van der Waals surface area contributed by atoms with Gasteiger partial charge in [0.2, 0.25) is 17.6 Å². The third kappa shape index (κ3) is 5.02. The maximum Gasteiger partial charge on any atom is 0.228 e. The number of amides is 1. The van der Waals surface area contributed by atoms with Gasteiger partial charge >= 0.3 is 0 Å². The fourth-order valence-corrected chi connectivity index (χ4v) is 3.65. The molecule has 1 aromatic heterocycles. The Labute approximate surface area is 175 Å². The highest BCUT2D eigenvalue weighted by atomic mass is 35.5. The third-order valence-electron chi connectivity index (χ3n) is 5.17. The lowest BCUT2D eigenvalue weighted by molar-refractivity contribution is -0.132. The fraction of sp³-hybridized carbons (Fsp3) is 0.318. The Bertz CT molecular complexity index is 952. The van der Waals surface area contributed by atoms with Gasteiger partial charge in [-0.1, -0.05) is 65.3 Å². The molecule has 0 atom stereocenters. The minimum atomic E-state index is 0.127. The summed E-state index contributed by atoms with van der Waals surface area (Å²) in [5.41, 5.74) is 1.83. The minimum absolute atomic E-state index is 0.127. The van der Waals surface area contributed by atoms with Gasteiger partial charge in [0.25, 0.3) is 0 Å². The Morgan fingerprint density at radius 3 is 2.48 bits per heavy atom. The molecule has 0 radical (unpaired) electrons. The van der Waals surface area contributed by atoms with Crippen molar-refractivity contribution in [3.8, 4) is 11.4 Å². The number of aromatic nitrogens is 2. The molecule has 0 unspecified atom stereocenters. The highest BCUT2D eigenvalue weighted by Gasteiger charge is 2.22. The van der Waals surface area contributed by atoms with E-state index in [-0.39, 0.29) is 5.91 Å². The van der Waals surface area contributed by atoms with E-state index < -0.39 is 0 Å². The van der Waals surface area contributed by atoms with Crippen molar-refractivity contribution in [1.82, 2.24) is 19.9 Å². The number of carbonyl (C=O) groups is 1. The molecule has 3 aromatic rings. The summed E-state index contributed by atoms with van der Waals surface area (Å²) in [5, 5.41) is 4.71. The van der Waals surface area contributed by atoms with Crippen LogP contribution in [0.2, 0.25) is 5.02 Å². The van der Waals surface area contributed by atoms with Crippen LogP contribution < -0.4 is 0 Å². The SMILES string of the molecule is O=C(Cc1ccccc1Cl)N1CCN(CCc2nc(-c3ccccc3)no2)CC1. The fourth-order valence-electron chi connectivity index (χ4n) is 3.45. The molecule has 29 heavy (non-hydrogen) atoms. The first-order valence-corrected chi connectivity index (χ1v) is 10.2. The number of nitrogens with zero attached hydrogens (tertiary/aromatic N) is 4. The molecule has 4 rings (SSSR count). The number of hydrogen-bond donors (Lipinski definition) is 0. The molecular formula is C22H23ClN4O2. The van der Waals surface area contributed by atoms with Crippen LogP contribution >= 0.6 is 11.6 Å². The van der Waals surface area contributed by atoms with Crippen LogP contribution in [0.3, 0.4) is 0 Å². The highest BCUT2D eigenvalue weighted by molar-refractivity contribution is 6.31. The quantitative estimate of drug-likeness (QED) is 0.623. The van der Waals surface area contributed by atoms with Gasteiger partial charge in [-0.05, 0) is 11.6 Å². The van der Waals surface area contributed by atoms with Crippen molar-refractivity contribution in [2.45, 2.75) is 12.8 Å². The Morgan fingerprint density at radius 2 is 1.72 bits per heavy atom. The van der Waals surface area contributed by atoms with Gasteiger partial charge in [0.15, 0.2) is 0 Å². The molecule has 0 saturated carbocycles. The van der Waals surface area contributed by atoms with Gasteiger partial charge < -0.3 is 9.42 Å². The summed E-state index contributed by atoms with van der Waals surface area (Å²) >= 11 is 6.17. The van der Waals surface area contributed by atoms with Gasteiger partial charge in [-0.3, -0.25) is 9.69 Å². The molecule has 0 spiro atoms. The maximum atomic E-state index is 12.6. The van der Waals surface area contributed by atoms with Crippen molar-refractivity contribution < 1.29 is 9.32 Å². The lowest BCUT2D eigenvalue weighted by Crippen LogP contribution is -2.49. The third-order valence-corrected chi connectivity index (χ3v) is 5.54. The van der Waals surface area contributed by atoms with E-state index in [1.807, 2.05) is 59.5 Å². The van der Waals surface area contributed by atoms with E-state index in [1.165, 1.54) is 0 Å². The summed E-state index contributed by atoms with van der Waals surface area (Å²) in [6.07, 6.45) is 1.05. The summed E-state index contributed by atoms with van der Waals surface area (Å²) in [5.74, 6) is 1.39. The van der Waals surface area contributed by atoms with E-state index in [0.29, 0.717) is 29.6 Å². The summed E-state index contributed by atoms with van der Waals surface area (Å²) in [7, 11) is 0. The number of rotatable bonds is 6. The Balaban J connectivity index is 1.24. The van der Waals surface area contributed by atoms with Crippen molar-refractivity contribution in [2.75, 3.05) is 32.7 Å². The van der Waals surface area contributed by atoms with E-state index in [4.69, 9.17) is 16.1 Å². The molecule has 1 saturated heterocycles. The van der Waals surface area contributed by atoms with E-state index in [1.54, 1.807) is 0 Å². The molecule has 7 heteroatoms. The maximum absolute atomic E-state index is 12.6. The van der Waals surface area contributed by atoms with Gasteiger partial charge in [0.1, 0.15) is 0 Å².